The van der Waals surface area contributed by atoms with Crippen molar-refractivity contribution >= 4 is 23.4 Å². The largest absolute Gasteiger partial charge is 0.351 e. The van der Waals surface area contributed by atoms with E-state index < -0.39 is 6.04 Å². The molecular weight excluding hydrogens is 360 g/mol. The number of nitrogens with one attached hydrogen (secondary N) is 1. The van der Waals surface area contributed by atoms with Gasteiger partial charge in [-0.2, -0.15) is 0 Å². The van der Waals surface area contributed by atoms with Gasteiger partial charge < -0.3 is 10.2 Å². The lowest BCUT2D eigenvalue weighted by Gasteiger charge is -2.28. The standard InChI is InChI=1S/C22H23ClN2O2/c23-16-12-10-15(11-13-16)14-25-20(18-8-4-5-9-19(18)22(25)27)21(26)24-17-6-2-1-3-7-17/h4-5,8-13,17,20H,1-3,6-7,14H2,(H,24,26). The van der Waals surface area contributed by atoms with Crippen molar-refractivity contribution in [3.05, 3.63) is 70.2 Å². The summed E-state index contributed by atoms with van der Waals surface area (Å²) in [7, 11) is 0. The van der Waals surface area contributed by atoms with Crippen LogP contribution in [0.25, 0.3) is 0 Å². The van der Waals surface area contributed by atoms with Crippen molar-refractivity contribution in [3.8, 4) is 0 Å². The molecule has 1 aliphatic heterocycles. The lowest BCUT2D eigenvalue weighted by Crippen LogP contribution is -2.43. The maximum atomic E-state index is 13.2. The molecule has 5 heteroatoms. The van der Waals surface area contributed by atoms with Gasteiger partial charge in [-0.15, -0.1) is 0 Å². The lowest BCUT2D eigenvalue weighted by atomic mass is 9.95. The minimum absolute atomic E-state index is 0.0748. The molecule has 4 nitrogen and oxygen atoms in total. The summed E-state index contributed by atoms with van der Waals surface area (Å²) < 4.78 is 0. The number of carbonyl (C=O) groups is 2. The van der Waals surface area contributed by atoms with Crippen molar-refractivity contribution in [2.75, 3.05) is 0 Å². The number of hydrogen-bond donors (Lipinski definition) is 1. The molecule has 0 bridgehead atoms. The lowest BCUT2D eigenvalue weighted by molar-refractivity contribution is -0.126. The fourth-order valence-electron chi connectivity index (χ4n) is 4.13. The first-order chi connectivity index (χ1) is 13.1. The molecule has 140 valence electrons. The van der Waals surface area contributed by atoms with E-state index in [9.17, 15) is 9.59 Å². The number of amides is 2. The Labute approximate surface area is 164 Å². The highest BCUT2D eigenvalue weighted by molar-refractivity contribution is 6.30. The van der Waals surface area contributed by atoms with Crippen molar-refractivity contribution in [2.45, 2.75) is 50.7 Å². The summed E-state index contributed by atoms with van der Waals surface area (Å²) in [6, 6.07) is 14.5. The van der Waals surface area contributed by atoms with Crippen LogP contribution in [0, 0.1) is 0 Å². The molecule has 0 aromatic heterocycles. The molecule has 1 unspecified atom stereocenters. The number of hydrogen-bond acceptors (Lipinski definition) is 2. The molecule has 0 radical (unpaired) electrons. The number of nitrogens with zero attached hydrogens (tertiary/aromatic N) is 1. The van der Waals surface area contributed by atoms with Gasteiger partial charge in [0.15, 0.2) is 0 Å². The predicted molar refractivity (Wildman–Crippen MR) is 106 cm³/mol. The van der Waals surface area contributed by atoms with E-state index in [-0.39, 0.29) is 17.9 Å². The van der Waals surface area contributed by atoms with Gasteiger partial charge in [-0.25, -0.2) is 0 Å². The Morgan fingerprint density at radius 1 is 1.04 bits per heavy atom. The molecule has 0 spiro atoms. The Hall–Kier alpha value is -2.33. The summed E-state index contributed by atoms with van der Waals surface area (Å²) in [5, 5.41) is 3.85. The molecule has 1 heterocycles. The van der Waals surface area contributed by atoms with Gasteiger partial charge in [0, 0.05) is 23.2 Å². The Morgan fingerprint density at radius 2 is 1.74 bits per heavy atom. The number of halogens is 1. The van der Waals surface area contributed by atoms with Gasteiger partial charge in [0.1, 0.15) is 6.04 Å². The van der Waals surface area contributed by atoms with Crippen LogP contribution in [0.1, 0.15) is 59.6 Å². The molecule has 0 saturated heterocycles. The number of benzene rings is 2. The van der Waals surface area contributed by atoms with E-state index in [4.69, 9.17) is 11.6 Å². The fourth-order valence-corrected chi connectivity index (χ4v) is 4.26. The maximum absolute atomic E-state index is 13.2. The quantitative estimate of drug-likeness (QED) is 0.847. The molecule has 27 heavy (non-hydrogen) atoms. The average molecular weight is 383 g/mol. The van der Waals surface area contributed by atoms with Gasteiger partial charge in [-0.3, -0.25) is 9.59 Å². The van der Waals surface area contributed by atoms with Crippen molar-refractivity contribution < 1.29 is 9.59 Å². The smallest absolute Gasteiger partial charge is 0.255 e. The Bertz CT molecular complexity index is 844. The van der Waals surface area contributed by atoms with E-state index in [1.807, 2.05) is 42.5 Å². The third-order valence-corrected chi connectivity index (χ3v) is 5.78. The van der Waals surface area contributed by atoms with Gasteiger partial charge in [0.2, 0.25) is 5.91 Å². The topological polar surface area (TPSA) is 49.4 Å². The number of carbonyl (C=O) groups excluding carboxylic acids is 2. The van der Waals surface area contributed by atoms with Gasteiger partial charge in [-0.05, 0) is 42.2 Å². The van der Waals surface area contributed by atoms with Gasteiger partial charge >= 0.3 is 0 Å². The Kier molecular flexibility index (Phi) is 5.17. The summed E-state index contributed by atoms with van der Waals surface area (Å²) >= 11 is 5.97. The first-order valence-corrected chi connectivity index (χ1v) is 9.96. The first kappa shape index (κ1) is 18.1. The van der Waals surface area contributed by atoms with Crippen molar-refractivity contribution in [1.29, 1.82) is 0 Å². The summed E-state index contributed by atoms with van der Waals surface area (Å²) in [4.78, 5) is 27.8. The van der Waals surface area contributed by atoms with E-state index in [2.05, 4.69) is 5.32 Å². The SMILES string of the molecule is O=C(NC1CCCCC1)C1c2ccccc2C(=O)N1Cc1ccc(Cl)cc1. The van der Waals surface area contributed by atoms with Crippen molar-refractivity contribution in [3.63, 3.8) is 0 Å². The second-order valence-corrected chi connectivity index (χ2v) is 7.83. The Balaban J connectivity index is 1.60. The fraction of sp³-hybridized carbons (Fsp3) is 0.364. The predicted octanol–water partition coefficient (Wildman–Crippen LogP) is 4.49. The molecule has 4 rings (SSSR count). The summed E-state index contributed by atoms with van der Waals surface area (Å²) in [5.41, 5.74) is 2.37. The molecule has 1 fully saturated rings. The molecule has 2 aromatic rings. The maximum Gasteiger partial charge on any atom is 0.255 e. The average Bonchev–Trinajstić information content (AvgIpc) is 2.97. The van der Waals surface area contributed by atoms with Crippen LogP contribution in [0.2, 0.25) is 5.02 Å². The molecule has 1 N–H and O–H groups in total. The summed E-state index contributed by atoms with van der Waals surface area (Å²) in [6.07, 6.45) is 5.58. The number of fused-ring (bicyclic) bond motifs is 1. The van der Waals surface area contributed by atoms with Crippen molar-refractivity contribution in [2.24, 2.45) is 0 Å². The zero-order chi connectivity index (χ0) is 18.8. The number of rotatable bonds is 4. The second kappa shape index (κ2) is 7.73. The van der Waals surface area contributed by atoms with Crippen molar-refractivity contribution in [1.82, 2.24) is 10.2 Å². The third-order valence-electron chi connectivity index (χ3n) is 5.52. The van der Waals surface area contributed by atoms with Crippen LogP contribution in [0.3, 0.4) is 0 Å². The minimum atomic E-state index is -0.577. The van der Waals surface area contributed by atoms with Crippen LogP contribution < -0.4 is 5.32 Å². The molecule has 1 aliphatic carbocycles. The van der Waals surface area contributed by atoms with Crippen LogP contribution in [-0.4, -0.2) is 22.8 Å². The molecule has 1 atom stereocenters. The van der Waals surface area contributed by atoms with Crippen LogP contribution in [0.15, 0.2) is 48.5 Å². The molecule has 1 saturated carbocycles. The summed E-state index contributed by atoms with van der Waals surface area (Å²) in [5.74, 6) is -0.168. The van der Waals surface area contributed by atoms with Crippen LogP contribution >= 0.6 is 11.6 Å². The van der Waals surface area contributed by atoms with Crippen LogP contribution in [0.5, 0.6) is 0 Å². The highest BCUT2D eigenvalue weighted by atomic mass is 35.5. The van der Waals surface area contributed by atoms with E-state index in [1.54, 1.807) is 11.0 Å². The monoisotopic (exact) mass is 382 g/mol. The normalized spacial score (nSPS) is 19.8. The van der Waals surface area contributed by atoms with E-state index in [0.717, 1.165) is 36.8 Å². The summed E-state index contributed by atoms with van der Waals surface area (Å²) in [6.45, 7) is 0.382. The molecule has 2 amide bonds. The zero-order valence-electron chi connectivity index (χ0n) is 15.2. The Morgan fingerprint density at radius 3 is 2.48 bits per heavy atom. The second-order valence-electron chi connectivity index (χ2n) is 7.39. The van der Waals surface area contributed by atoms with Gasteiger partial charge in [0.05, 0.1) is 0 Å². The molecule has 2 aliphatic rings. The van der Waals surface area contributed by atoms with E-state index >= 15 is 0 Å². The highest BCUT2D eigenvalue weighted by Gasteiger charge is 2.41. The van der Waals surface area contributed by atoms with Gasteiger partial charge in [0.25, 0.3) is 5.91 Å². The third kappa shape index (κ3) is 3.72. The first-order valence-electron chi connectivity index (χ1n) is 9.58. The van der Waals surface area contributed by atoms with Crippen LogP contribution in [-0.2, 0) is 11.3 Å². The van der Waals surface area contributed by atoms with E-state index in [1.165, 1.54) is 6.42 Å². The highest BCUT2D eigenvalue weighted by Crippen LogP contribution is 2.35. The molecular formula is C22H23ClN2O2. The molecule has 2 aromatic carbocycles. The van der Waals surface area contributed by atoms with Gasteiger partial charge in [-0.1, -0.05) is 61.2 Å². The zero-order valence-corrected chi connectivity index (χ0v) is 15.9. The van der Waals surface area contributed by atoms with E-state index in [0.29, 0.717) is 17.1 Å². The minimum Gasteiger partial charge on any atom is -0.351 e. The van der Waals surface area contributed by atoms with Crippen LogP contribution in [0.4, 0.5) is 0 Å².